The van der Waals surface area contributed by atoms with Gasteiger partial charge in [0.25, 0.3) is 0 Å². The summed E-state index contributed by atoms with van der Waals surface area (Å²) in [5.41, 5.74) is 0.955. The van der Waals surface area contributed by atoms with Gasteiger partial charge in [-0.05, 0) is 18.6 Å². The predicted molar refractivity (Wildman–Crippen MR) is 63.0 cm³/mol. The molecule has 0 spiro atoms. The lowest BCUT2D eigenvalue weighted by atomic mass is 10.2. The minimum Gasteiger partial charge on any atom is -0.463 e. The molecule has 0 radical (unpaired) electrons. The highest BCUT2D eigenvalue weighted by atomic mass is 16.6. The van der Waals surface area contributed by atoms with E-state index in [2.05, 4.69) is 4.74 Å². The van der Waals surface area contributed by atoms with Gasteiger partial charge in [0.2, 0.25) is 0 Å². The fourth-order valence-corrected chi connectivity index (χ4v) is 1.16. The molecule has 4 nitrogen and oxygen atoms in total. The average Bonchev–Trinajstić information content (AvgIpc) is 2.35. The van der Waals surface area contributed by atoms with Gasteiger partial charge in [-0.25, -0.2) is 4.79 Å². The van der Waals surface area contributed by atoms with E-state index in [1.54, 1.807) is 6.92 Å². The SMILES string of the molecule is CCOC(=O)C=CC(O)OCc1ccccc1. The Hall–Kier alpha value is -1.65. The molecule has 0 amide bonds. The number of carbonyl (C=O) groups excluding carboxylic acids is 1. The average molecular weight is 236 g/mol. The summed E-state index contributed by atoms with van der Waals surface area (Å²) in [5.74, 6) is -0.491. The van der Waals surface area contributed by atoms with Crippen molar-refractivity contribution in [3.63, 3.8) is 0 Å². The molecular formula is C13H16O4. The number of ether oxygens (including phenoxy) is 2. The van der Waals surface area contributed by atoms with Crippen LogP contribution in [0.2, 0.25) is 0 Å². The standard InChI is InChI=1S/C13H16O4/c1-2-16-12(14)8-9-13(15)17-10-11-6-4-3-5-7-11/h3-9,13,15H,2,10H2,1H3. The van der Waals surface area contributed by atoms with Crippen LogP contribution >= 0.6 is 0 Å². The van der Waals surface area contributed by atoms with Crippen LogP contribution in [0.4, 0.5) is 0 Å². The topological polar surface area (TPSA) is 55.8 Å². The smallest absolute Gasteiger partial charge is 0.330 e. The highest BCUT2D eigenvalue weighted by Crippen LogP contribution is 2.02. The second kappa shape index (κ2) is 7.60. The van der Waals surface area contributed by atoms with Gasteiger partial charge in [-0.1, -0.05) is 30.3 Å². The summed E-state index contributed by atoms with van der Waals surface area (Å²) in [4.78, 5) is 10.9. The van der Waals surface area contributed by atoms with E-state index in [-0.39, 0.29) is 6.61 Å². The monoisotopic (exact) mass is 236 g/mol. The van der Waals surface area contributed by atoms with E-state index in [0.29, 0.717) is 6.61 Å². The van der Waals surface area contributed by atoms with E-state index >= 15 is 0 Å². The molecule has 92 valence electrons. The highest BCUT2D eigenvalue weighted by Gasteiger charge is 2.01. The maximum Gasteiger partial charge on any atom is 0.330 e. The lowest BCUT2D eigenvalue weighted by Crippen LogP contribution is -2.09. The Morgan fingerprint density at radius 3 is 2.76 bits per heavy atom. The van der Waals surface area contributed by atoms with Crippen LogP contribution in [-0.2, 0) is 20.9 Å². The number of hydrogen-bond donors (Lipinski definition) is 1. The van der Waals surface area contributed by atoms with E-state index in [0.717, 1.165) is 11.6 Å². The molecule has 0 heterocycles. The summed E-state index contributed by atoms with van der Waals surface area (Å²) in [5, 5.41) is 9.41. The van der Waals surface area contributed by atoms with Gasteiger partial charge < -0.3 is 14.6 Å². The number of rotatable bonds is 6. The zero-order valence-corrected chi connectivity index (χ0v) is 9.70. The van der Waals surface area contributed by atoms with Crippen LogP contribution in [-0.4, -0.2) is 24.0 Å². The molecule has 1 N–H and O–H groups in total. The van der Waals surface area contributed by atoms with Gasteiger partial charge in [-0.2, -0.15) is 0 Å². The summed E-state index contributed by atoms with van der Waals surface area (Å²) in [7, 11) is 0. The highest BCUT2D eigenvalue weighted by molar-refractivity contribution is 5.81. The maximum atomic E-state index is 10.9. The summed E-state index contributed by atoms with van der Waals surface area (Å²) < 4.78 is 9.78. The van der Waals surface area contributed by atoms with Crippen molar-refractivity contribution in [3.8, 4) is 0 Å². The summed E-state index contributed by atoms with van der Waals surface area (Å²) in [6, 6.07) is 9.46. The van der Waals surface area contributed by atoms with Crippen molar-refractivity contribution in [2.45, 2.75) is 19.8 Å². The van der Waals surface area contributed by atoms with E-state index < -0.39 is 12.3 Å². The molecule has 0 aromatic heterocycles. The molecule has 0 bridgehead atoms. The first-order valence-corrected chi connectivity index (χ1v) is 5.41. The van der Waals surface area contributed by atoms with Crippen molar-refractivity contribution in [2.75, 3.05) is 6.61 Å². The van der Waals surface area contributed by atoms with Crippen molar-refractivity contribution in [3.05, 3.63) is 48.0 Å². The summed E-state index contributed by atoms with van der Waals surface area (Å²) >= 11 is 0. The first-order chi connectivity index (χ1) is 8.22. The van der Waals surface area contributed by atoms with Crippen molar-refractivity contribution in [1.82, 2.24) is 0 Å². The van der Waals surface area contributed by atoms with Gasteiger partial charge in [0, 0.05) is 6.08 Å². The van der Waals surface area contributed by atoms with Gasteiger partial charge >= 0.3 is 5.97 Å². The summed E-state index contributed by atoms with van der Waals surface area (Å²) in [6.07, 6.45) is 1.29. The normalized spacial score (nSPS) is 12.6. The van der Waals surface area contributed by atoms with Crippen molar-refractivity contribution < 1.29 is 19.4 Å². The molecule has 0 fully saturated rings. The Labute approximate surface area is 100 Å². The fourth-order valence-electron chi connectivity index (χ4n) is 1.16. The number of hydrogen-bond acceptors (Lipinski definition) is 4. The third kappa shape index (κ3) is 5.85. The molecule has 4 heteroatoms. The van der Waals surface area contributed by atoms with Crippen LogP contribution in [0.1, 0.15) is 12.5 Å². The van der Waals surface area contributed by atoms with E-state index in [9.17, 15) is 9.90 Å². The summed E-state index contributed by atoms with van der Waals surface area (Å²) in [6.45, 7) is 2.31. The van der Waals surface area contributed by atoms with Crippen molar-refractivity contribution in [1.29, 1.82) is 0 Å². The molecule has 0 aliphatic carbocycles. The molecule has 0 saturated carbocycles. The van der Waals surface area contributed by atoms with Crippen molar-refractivity contribution in [2.24, 2.45) is 0 Å². The third-order valence-corrected chi connectivity index (χ3v) is 1.95. The van der Waals surface area contributed by atoms with Gasteiger partial charge in [-0.3, -0.25) is 0 Å². The Bertz CT molecular complexity index is 359. The molecule has 1 unspecified atom stereocenters. The Balaban J connectivity index is 2.30. The first-order valence-electron chi connectivity index (χ1n) is 5.41. The molecular weight excluding hydrogens is 220 g/mol. The van der Waals surface area contributed by atoms with Crippen LogP contribution in [0.25, 0.3) is 0 Å². The van der Waals surface area contributed by atoms with Crippen LogP contribution in [0, 0.1) is 0 Å². The maximum absolute atomic E-state index is 10.9. The Kier molecular flexibility index (Phi) is 5.99. The molecule has 1 atom stereocenters. The van der Waals surface area contributed by atoms with Crippen LogP contribution in [0.5, 0.6) is 0 Å². The molecule has 17 heavy (non-hydrogen) atoms. The molecule has 1 aromatic carbocycles. The molecule has 0 aliphatic rings. The largest absolute Gasteiger partial charge is 0.463 e. The molecule has 1 aromatic rings. The predicted octanol–water partition coefficient (Wildman–Crippen LogP) is 1.64. The van der Waals surface area contributed by atoms with Gasteiger partial charge in [0.15, 0.2) is 6.29 Å². The molecule has 1 rings (SSSR count). The van der Waals surface area contributed by atoms with Crippen LogP contribution in [0.15, 0.2) is 42.5 Å². The van der Waals surface area contributed by atoms with Gasteiger partial charge in [-0.15, -0.1) is 0 Å². The second-order valence-electron chi connectivity index (χ2n) is 3.30. The number of aliphatic hydroxyl groups excluding tert-OH is 1. The quantitative estimate of drug-likeness (QED) is 0.463. The van der Waals surface area contributed by atoms with Crippen molar-refractivity contribution >= 4 is 5.97 Å². The third-order valence-electron chi connectivity index (χ3n) is 1.95. The minimum absolute atomic E-state index is 0.287. The fraction of sp³-hybridized carbons (Fsp3) is 0.308. The number of carbonyl (C=O) groups is 1. The van der Waals surface area contributed by atoms with E-state index in [4.69, 9.17) is 4.74 Å². The van der Waals surface area contributed by atoms with Crippen LogP contribution in [0.3, 0.4) is 0 Å². The van der Waals surface area contributed by atoms with Gasteiger partial charge in [0.05, 0.1) is 13.2 Å². The van der Waals surface area contributed by atoms with Crippen LogP contribution < -0.4 is 0 Å². The first kappa shape index (κ1) is 13.4. The van der Waals surface area contributed by atoms with E-state index in [1.165, 1.54) is 6.08 Å². The Morgan fingerprint density at radius 2 is 2.12 bits per heavy atom. The number of benzene rings is 1. The lowest BCUT2D eigenvalue weighted by Gasteiger charge is -2.07. The zero-order valence-electron chi connectivity index (χ0n) is 9.70. The number of aliphatic hydroxyl groups is 1. The Morgan fingerprint density at radius 1 is 1.41 bits per heavy atom. The molecule has 0 saturated heterocycles. The van der Waals surface area contributed by atoms with E-state index in [1.807, 2.05) is 30.3 Å². The molecule has 0 aliphatic heterocycles. The minimum atomic E-state index is -1.11. The number of esters is 1. The zero-order chi connectivity index (χ0) is 12.5. The lowest BCUT2D eigenvalue weighted by molar-refractivity contribution is -0.137. The van der Waals surface area contributed by atoms with Gasteiger partial charge in [0.1, 0.15) is 0 Å². The second-order valence-corrected chi connectivity index (χ2v) is 3.30.